The van der Waals surface area contributed by atoms with Crippen LogP contribution >= 0.6 is 11.3 Å². The standard InChI is InChI=1S/C12H16F3NO2S/c1-11(2,3)18-10(17)8(16)4-7-5-9(19-6-7)12(13,14)15/h5-6,8H,4,16H2,1-3H3. The zero-order valence-electron chi connectivity index (χ0n) is 10.9. The molecule has 1 heterocycles. The second kappa shape index (κ2) is 5.50. The van der Waals surface area contributed by atoms with E-state index in [0.717, 1.165) is 6.07 Å². The van der Waals surface area contributed by atoms with E-state index in [-0.39, 0.29) is 6.42 Å². The Labute approximate surface area is 113 Å². The summed E-state index contributed by atoms with van der Waals surface area (Å²) >= 11 is 0.591. The van der Waals surface area contributed by atoms with Crippen LogP contribution in [0.1, 0.15) is 31.2 Å². The Morgan fingerprint density at radius 3 is 2.42 bits per heavy atom. The van der Waals surface area contributed by atoms with Gasteiger partial charge >= 0.3 is 12.1 Å². The van der Waals surface area contributed by atoms with Gasteiger partial charge in [-0.1, -0.05) is 0 Å². The number of carbonyl (C=O) groups is 1. The average molecular weight is 295 g/mol. The second-order valence-corrected chi connectivity index (χ2v) is 6.07. The van der Waals surface area contributed by atoms with Crippen LogP contribution < -0.4 is 5.73 Å². The molecule has 2 N–H and O–H groups in total. The van der Waals surface area contributed by atoms with Gasteiger partial charge in [-0.2, -0.15) is 13.2 Å². The normalized spacial score (nSPS) is 14.3. The van der Waals surface area contributed by atoms with Gasteiger partial charge < -0.3 is 10.5 Å². The Kier molecular flexibility index (Phi) is 4.63. The molecular formula is C12H16F3NO2S. The molecule has 7 heteroatoms. The van der Waals surface area contributed by atoms with Crippen LogP contribution in [0, 0.1) is 0 Å². The highest BCUT2D eigenvalue weighted by molar-refractivity contribution is 7.10. The second-order valence-electron chi connectivity index (χ2n) is 5.16. The van der Waals surface area contributed by atoms with Crippen LogP contribution in [0.5, 0.6) is 0 Å². The Balaban J connectivity index is 2.65. The predicted octanol–water partition coefficient (Wildman–Crippen LogP) is 2.98. The van der Waals surface area contributed by atoms with Crippen molar-refractivity contribution >= 4 is 17.3 Å². The maximum atomic E-state index is 12.4. The number of carbonyl (C=O) groups excluding carboxylic acids is 1. The Morgan fingerprint density at radius 2 is 2.00 bits per heavy atom. The molecule has 108 valence electrons. The number of thiophene rings is 1. The fourth-order valence-corrected chi connectivity index (χ4v) is 2.14. The first-order valence-electron chi connectivity index (χ1n) is 5.62. The number of hydrogen-bond donors (Lipinski definition) is 1. The number of rotatable bonds is 3. The Hall–Kier alpha value is -1.08. The van der Waals surface area contributed by atoms with Crippen molar-refractivity contribution in [2.75, 3.05) is 0 Å². The van der Waals surface area contributed by atoms with Crippen LogP contribution in [0.2, 0.25) is 0 Å². The molecule has 1 rings (SSSR count). The highest BCUT2D eigenvalue weighted by Gasteiger charge is 2.32. The van der Waals surface area contributed by atoms with E-state index in [4.69, 9.17) is 10.5 Å². The number of hydrogen-bond acceptors (Lipinski definition) is 4. The summed E-state index contributed by atoms with van der Waals surface area (Å²) in [6.45, 7) is 5.10. The molecule has 19 heavy (non-hydrogen) atoms. The number of ether oxygens (including phenoxy) is 1. The summed E-state index contributed by atoms with van der Waals surface area (Å²) in [7, 11) is 0. The summed E-state index contributed by atoms with van der Waals surface area (Å²) in [5.41, 5.74) is 5.34. The molecule has 1 aromatic rings. The maximum absolute atomic E-state index is 12.4. The van der Waals surface area contributed by atoms with Gasteiger partial charge in [-0.15, -0.1) is 11.3 Å². The van der Waals surface area contributed by atoms with Crippen molar-refractivity contribution in [1.82, 2.24) is 0 Å². The smallest absolute Gasteiger partial charge is 0.425 e. The molecule has 0 aliphatic heterocycles. The van der Waals surface area contributed by atoms with Crippen molar-refractivity contribution in [2.45, 2.75) is 45.0 Å². The van der Waals surface area contributed by atoms with Crippen LogP contribution in [-0.4, -0.2) is 17.6 Å². The Bertz CT molecular complexity index is 449. The SMILES string of the molecule is CC(C)(C)OC(=O)C(N)Cc1csc(C(F)(F)F)c1. The van der Waals surface area contributed by atoms with E-state index in [1.165, 1.54) is 5.38 Å². The summed E-state index contributed by atoms with van der Waals surface area (Å²) in [6.07, 6.45) is -4.33. The van der Waals surface area contributed by atoms with Gasteiger partial charge in [0.05, 0.1) is 0 Å². The molecule has 0 aliphatic rings. The van der Waals surface area contributed by atoms with Crippen molar-refractivity contribution < 1.29 is 22.7 Å². The van der Waals surface area contributed by atoms with Gasteiger partial charge in [-0.05, 0) is 44.2 Å². The van der Waals surface area contributed by atoms with E-state index in [0.29, 0.717) is 16.9 Å². The first-order valence-corrected chi connectivity index (χ1v) is 6.50. The largest absolute Gasteiger partial charge is 0.459 e. The highest BCUT2D eigenvalue weighted by atomic mass is 32.1. The molecule has 0 aliphatic carbocycles. The summed E-state index contributed by atoms with van der Waals surface area (Å²) in [6, 6.07) is 0.0458. The molecule has 0 amide bonds. The zero-order valence-corrected chi connectivity index (χ0v) is 11.7. The van der Waals surface area contributed by atoms with Gasteiger partial charge in [0, 0.05) is 0 Å². The first kappa shape index (κ1) is 16.0. The van der Waals surface area contributed by atoms with Crippen molar-refractivity contribution in [3.8, 4) is 0 Å². The third-order valence-corrected chi connectivity index (χ3v) is 3.12. The fourth-order valence-electron chi connectivity index (χ4n) is 1.35. The van der Waals surface area contributed by atoms with E-state index in [9.17, 15) is 18.0 Å². The van der Waals surface area contributed by atoms with Crippen LogP contribution in [0.4, 0.5) is 13.2 Å². The van der Waals surface area contributed by atoms with E-state index in [2.05, 4.69) is 0 Å². The molecule has 1 atom stereocenters. The van der Waals surface area contributed by atoms with E-state index in [1.54, 1.807) is 20.8 Å². The maximum Gasteiger partial charge on any atom is 0.425 e. The minimum Gasteiger partial charge on any atom is -0.459 e. The van der Waals surface area contributed by atoms with Gasteiger partial charge in [0.25, 0.3) is 0 Å². The molecule has 1 unspecified atom stereocenters. The van der Waals surface area contributed by atoms with Gasteiger partial charge in [0.15, 0.2) is 0 Å². The fraction of sp³-hybridized carbons (Fsp3) is 0.583. The molecule has 0 radical (unpaired) electrons. The lowest BCUT2D eigenvalue weighted by molar-refractivity contribution is -0.156. The molecular weight excluding hydrogens is 279 g/mol. The number of esters is 1. The number of alkyl halides is 3. The monoisotopic (exact) mass is 295 g/mol. The van der Waals surface area contributed by atoms with Crippen molar-refractivity contribution in [1.29, 1.82) is 0 Å². The molecule has 0 fully saturated rings. The molecule has 1 aromatic heterocycles. The molecule has 0 spiro atoms. The quantitative estimate of drug-likeness (QED) is 0.872. The summed E-state index contributed by atoms with van der Waals surface area (Å²) < 4.78 is 42.3. The first-order chi connectivity index (χ1) is 8.49. The van der Waals surface area contributed by atoms with E-state index < -0.39 is 28.7 Å². The van der Waals surface area contributed by atoms with Crippen LogP contribution in [0.3, 0.4) is 0 Å². The van der Waals surface area contributed by atoms with E-state index in [1.807, 2.05) is 0 Å². The Morgan fingerprint density at radius 1 is 1.42 bits per heavy atom. The lowest BCUT2D eigenvalue weighted by Gasteiger charge is -2.22. The summed E-state index contributed by atoms with van der Waals surface area (Å²) in [5.74, 6) is -0.618. The molecule has 0 aromatic carbocycles. The minimum atomic E-state index is -4.36. The van der Waals surface area contributed by atoms with E-state index >= 15 is 0 Å². The van der Waals surface area contributed by atoms with Crippen LogP contribution in [-0.2, 0) is 22.1 Å². The van der Waals surface area contributed by atoms with Crippen molar-refractivity contribution in [3.63, 3.8) is 0 Å². The molecule has 0 saturated heterocycles. The van der Waals surface area contributed by atoms with Gasteiger partial charge in [-0.3, -0.25) is 4.79 Å². The topological polar surface area (TPSA) is 52.3 Å². The average Bonchev–Trinajstić information content (AvgIpc) is 2.62. The number of halogens is 3. The van der Waals surface area contributed by atoms with Crippen LogP contribution in [0.25, 0.3) is 0 Å². The zero-order chi connectivity index (χ0) is 14.8. The van der Waals surface area contributed by atoms with Gasteiger partial charge in [0.1, 0.15) is 16.5 Å². The van der Waals surface area contributed by atoms with Crippen LogP contribution in [0.15, 0.2) is 11.4 Å². The molecule has 3 nitrogen and oxygen atoms in total. The number of nitrogens with two attached hydrogens (primary N) is 1. The third kappa shape index (κ3) is 5.20. The van der Waals surface area contributed by atoms with Crippen molar-refractivity contribution in [3.05, 3.63) is 21.9 Å². The van der Waals surface area contributed by atoms with Gasteiger partial charge in [-0.25, -0.2) is 0 Å². The summed E-state index contributed by atoms with van der Waals surface area (Å²) in [5, 5.41) is 1.35. The highest BCUT2D eigenvalue weighted by Crippen LogP contribution is 2.34. The van der Waals surface area contributed by atoms with Crippen molar-refractivity contribution in [2.24, 2.45) is 5.73 Å². The predicted molar refractivity (Wildman–Crippen MR) is 66.8 cm³/mol. The van der Waals surface area contributed by atoms with Gasteiger partial charge in [0.2, 0.25) is 0 Å². The molecule has 0 saturated carbocycles. The lowest BCUT2D eigenvalue weighted by Crippen LogP contribution is -2.38. The molecule has 0 bridgehead atoms. The lowest BCUT2D eigenvalue weighted by atomic mass is 10.1. The summed E-state index contributed by atoms with van der Waals surface area (Å²) in [4.78, 5) is 10.9. The third-order valence-electron chi connectivity index (χ3n) is 2.10. The minimum absolute atomic E-state index is 0.0293.